The first-order chi connectivity index (χ1) is 9.36. The van der Waals surface area contributed by atoms with Crippen molar-refractivity contribution in [2.45, 2.75) is 31.9 Å². The van der Waals surface area contributed by atoms with Crippen LogP contribution < -0.4 is 11.1 Å². The molecule has 0 aliphatic carbocycles. The predicted octanol–water partition coefficient (Wildman–Crippen LogP) is 0.0183. The Morgan fingerprint density at radius 2 is 2.10 bits per heavy atom. The Hall–Kier alpha value is -0.370. The fourth-order valence-electron chi connectivity index (χ4n) is 2.30. The van der Waals surface area contributed by atoms with Crippen molar-refractivity contribution in [1.29, 1.82) is 0 Å². The highest BCUT2D eigenvalue weighted by Gasteiger charge is 2.26. The van der Waals surface area contributed by atoms with E-state index in [0.717, 1.165) is 19.4 Å². The highest BCUT2D eigenvalue weighted by Crippen LogP contribution is 2.16. The van der Waals surface area contributed by atoms with Crippen LogP contribution in [0, 0.1) is 5.92 Å². The van der Waals surface area contributed by atoms with Crippen molar-refractivity contribution in [2.24, 2.45) is 11.7 Å². The summed E-state index contributed by atoms with van der Waals surface area (Å²) in [5, 5.41) is 2.47. The third-order valence-electron chi connectivity index (χ3n) is 3.73. The Kier molecular flexibility index (Phi) is 9.44. The molecule has 126 valence electrons. The third kappa shape index (κ3) is 6.95. The van der Waals surface area contributed by atoms with Crippen molar-refractivity contribution in [3.8, 4) is 0 Å². The Morgan fingerprint density at radius 1 is 1.43 bits per heavy atom. The molecule has 1 rings (SSSR count). The average molecular weight is 342 g/mol. The first-order valence-electron chi connectivity index (χ1n) is 7.28. The molecule has 3 N–H and O–H groups in total. The largest absolute Gasteiger partial charge is 0.355 e. The SMILES string of the molecule is CC(C)S(=O)(=O)CCN1CCCC(C(=O)NCCN)C1.Cl. The van der Waals surface area contributed by atoms with Crippen molar-refractivity contribution in [2.75, 3.05) is 38.5 Å². The van der Waals surface area contributed by atoms with E-state index in [2.05, 4.69) is 10.2 Å². The Morgan fingerprint density at radius 3 is 2.67 bits per heavy atom. The van der Waals surface area contributed by atoms with Gasteiger partial charge in [0.25, 0.3) is 0 Å². The Labute approximate surface area is 134 Å². The summed E-state index contributed by atoms with van der Waals surface area (Å²) in [7, 11) is -3.01. The van der Waals surface area contributed by atoms with Crippen LogP contribution in [0.5, 0.6) is 0 Å². The normalized spacial score (nSPS) is 20.1. The number of likely N-dealkylation sites (tertiary alicyclic amines) is 1. The van der Waals surface area contributed by atoms with E-state index in [4.69, 9.17) is 5.73 Å². The molecule has 1 aliphatic heterocycles. The highest BCUT2D eigenvalue weighted by molar-refractivity contribution is 7.92. The van der Waals surface area contributed by atoms with Gasteiger partial charge >= 0.3 is 0 Å². The van der Waals surface area contributed by atoms with E-state index in [1.807, 2.05) is 0 Å². The van der Waals surface area contributed by atoms with E-state index in [-0.39, 0.29) is 35.2 Å². The van der Waals surface area contributed by atoms with Crippen LogP contribution in [0.2, 0.25) is 0 Å². The zero-order valence-corrected chi connectivity index (χ0v) is 14.5. The first-order valence-corrected chi connectivity index (χ1v) is 9.00. The summed E-state index contributed by atoms with van der Waals surface area (Å²) in [6, 6.07) is 0. The number of carbonyl (C=O) groups is 1. The molecule has 0 bridgehead atoms. The number of nitrogens with zero attached hydrogens (tertiary/aromatic N) is 1. The molecule has 8 heteroatoms. The number of hydrogen-bond acceptors (Lipinski definition) is 5. The summed E-state index contributed by atoms with van der Waals surface area (Å²) >= 11 is 0. The second kappa shape index (κ2) is 9.61. The van der Waals surface area contributed by atoms with Crippen molar-refractivity contribution >= 4 is 28.2 Å². The van der Waals surface area contributed by atoms with Crippen LogP contribution in [-0.2, 0) is 14.6 Å². The maximum atomic E-state index is 11.9. The van der Waals surface area contributed by atoms with E-state index >= 15 is 0 Å². The van der Waals surface area contributed by atoms with Gasteiger partial charge in [-0.15, -0.1) is 12.4 Å². The summed E-state index contributed by atoms with van der Waals surface area (Å²) < 4.78 is 23.6. The highest BCUT2D eigenvalue weighted by atomic mass is 35.5. The van der Waals surface area contributed by atoms with Gasteiger partial charge in [-0.25, -0.2) is 8.42 Å². The number of piperidine rings is 1. The summed E-state index contributed by atoms with van der Waals surface area (Å²) in [5.74, 6) is 0.158. The average Bonchev–Trinajstić information content (AvgIpc) is 2.42. The number of rotatable bonds is 7. The van der Waals surface area contributed by atoms with E-state index in [0.29, 0.717) is 26.2 Å². The molecule has 0 spiro atoms. The van der Waals surface area contributed by atoms with Gasteiger partial charge in [0.1, 0.15) is 0 Å². The lowest BCUT2D eigenvalue weighted by atomic mass is 9.97. The summed E-state index contributed by atoms with van der Waals surface area (Å²) in [6.45, 7) is 6.37. The maximum absolute atomic E-state index is 11.9. The topological polar surface area (TPSA) is 92.5 Å². The number of nitrogens with two attached hydrogens (primary N) is 1. The molecule has 21 heavy (non-hydrogen) atoms. The monoisotopic (exact) mass is 341 g/mol. The number of hydrogen-bond donors (Lipinski definition) is 2. The zero-order chi connectivity index (χ0) is 15.2. The number of sulfone groups is 1. The van der Waals surface area contributed by atoms with Crippen LogP contribution in [0.1, 0.15) is 26.7 Å². The summed E-state index contributed by atoms with van der Waals surface area (Å²) in [5.41, 5.74) is 5.37. The molecule has 0 aromatic heterocycles. The van der Waals surface area contributed by atoms with Crippen molar-refractivity contribution < 1.29 is 13.2 Å². The van der Waals surface area contributed by atoms with Gasteiger partial charge in [-0.2, -0.15) is 0 Å². The number of amides is 1. The molecule has 1 fully saturated rings. The van der Waals surface area contributed by atoms with Crippen LogP contribution >= 0.6 is 12.4 Å². The van der Waals surface area contributed by atoms with E-state index in [1.165, 1.54) is 0 Å². The molecule has 1 unspecified atom stereocenters. The minimum Gasteiger partial charge on any atom is -0.355 e. The molecule has 1 aliphatic rings. The lowest BCUT2D eigenvalue weighted by Gasteiger charge is -2.32. The van der Waals surface area contributed by atoms with Gasteiger partial charge in [0.05, 0.1) is 16.9 Å². The van der Waals surface area contributed by atoms with Gasteiger partial charge in [0.2, 0.25) is 5.91 Å². The fourth-order valence-corrected chi connectivity index (χ4v) is 3.29. The quantitative estimate of drug-likeness (QED) is 0.681. The molecule has 6 nitrogen and oxygen atoms in total. The van der Waals surface area contributed by atoms with E-state index < -0.39 is 9.84 Å². The van der Waals surface area contributed by atoms with Gasteiger partial charge in [-0.05, 0) is 33.2 Å². The molecular formula is C13H28ClN3O3S. The smallest absolute Gasteiger partial charge is 0.224 e. The lowest BCUT2D eigenvalue weighted by molar-refractivity contribution is -0.126. The van der Waals surface area contributed by atoms with E-state index in [1.54, 1.807) is 13.8 Å². The fraction of sp³-hybridized carbons (Fsp3) is 0.923. The number of nitrogens with one attached hydrogen (secondary N) is 1. The van der Waals surface area contributed by atoms with Crippen LogP contribution in [-0.4, -0.2) is 63.0 Å². The van der Waals surface area contributed by atoms with Crippen molar-refractivity contribution in [1.82, 2.24) is 10.2 Å². The Balaban J connectivity index is 0.00000400. The van der Waals surface area contributed by atoms with E-state index in [9.17, 15) is 13.2 Å². The predicted molar refractivity (Wildman–Crippen MR) is 87.4 cm³/mol. The maximum Gasteiger partial charge on any atom is 0.224 e. The van der Waals surface area contributed by atoms with Crippen LogP contribution in [0.25, 0.3) is 0 Å². The van der Waals surface area contributed by atoms with Crippen LogP contribution in [0.4, 0.5) is 0 Å². The molecule has 1 atom stereocenters. The number of carbonyl (C=O) groups excluding carboxylic acids is 1. The molecule has 1 saturated heterocycles. The molecule has 1 amide bonds. The summed E-state index contributed by atoms with van der Waals surface area (Å²) in [6.07, 6.45) is 1.80. The van der Waals surface area contributed by atoms with Crippen LogP contribution in [0.15, 0.2) is 0 Å². The Bertz CT molecular complexity index is 415. The van der Waals surface area contributed by atoms with Gasteiger partial charge in [0.15, 0.2) is 9.84 Å². The lowest BCUT2D eigenvalue weighted by Crippen LogP contribution is -2.45. The summed E-state index contributed by atoms with van der Waals surface area (Å²) in [4.78, 5) is 14.0. The standard InChI is InChI=1S/C13H27N3O3S.ClH/c1-11(2)20(18,19)9-8-16-7-3-4-12(10-16)13(17)15-6-5-14;/h11-12H,3-10,14H2,1-2H3,(H,15,17);1H. The molecule has 1 heterocycles. The molecule has 0 aromatic carbocycles. The number of halogens is 1. The molecule has 0 saturated carbocycles. The van der Waals surface area contributed by atoms with Crippen molar-refractivity contribution in [3.63, 3.8) is 0 Å². The van der Waals surface area contributed by atoms with Gasteiger partial charge in [0, 0.05) is 26.2 Å². The van der Waals surface area contributed by atoms with Crippen LogP contribution in [0.3, 0.4) is 0 Å². The molecule has 0 aromatic rings. The second-order valence-electron chi connectivity index (χ2n) is 5.64. The third-order valence-corrected chi connectivity index (χ3v) is 5.92. The van der Waals surface area contributed by atoms with Gasteiger partial charge < -0.3 is 16.0 Å². The molecule has 0 radical (unpaired) electrons. The van der Waals surface area contributed by atoms with Crippen molar-refractivity contribution in [3.05, 3.63) is 0 Å². The zero-order valence-electron chi connectivity index (χ0n) is 12.9. The second-order valence-corrected chi connectivity index (χ2v) is 8.31. The van der Waals surface area contributed by atoms with Gasteiger partial charge in [-0.3, -0.25) is 4.79 Å². The molecular weight excluding hydrogens is 314 g/mol. The minimum atomic E-state index is -3.01. The van der Waals surface area contributed by atoms with Gasteiger partial charge in [-0.1, -0.05) is 0 Å². The first kappa shape index (κ1) is 20.6. The minimum absolute atomic E-state index is 0.